The molecule has 3 nitrogen and oxygen atoms in total. The van der Waals surface area contributed by atoms with Crippen LogP contribution >= 0.6 is 0 Å². The Hall–Kier alpha value is -0.380. The quantitative estimate of drug-likeness (QED) is 0.508. The predicted molar refractivity (Wildman–Crippen MR) is 32.9 cm³/mol. The van der Waals surface area contributed by atoms with Gasteiger partial charge in [0.1, 0.15) is 11.0 Å². The van der Waals surface area contributed by atoms with Gasteiger partial charge in [-0.3, -0.25) is 0 Å². The van der Waals surface area contributed by atoms with Crippen LogP contribution < -0.4 is 0 Å². The minimum Gasteiger partial charge on any atom is -0.302 e. The highest BCUT2D eigenvalue weighted by Crippen LogP contribution is 2.40. The molecule has 1 aliphatic rings. The van der Waals surface area contributed by atoms with Gasteiger partial charge in [0.15, 0.2) is 9.84 Å². The number of carbonyl (C=O) groups excluding carboxylic acids is 1. The Bertz CT molecular complexity index is 223. The molecule has 0 amide bonds. The Kier molecular flexibility index (Phi) is 1.17. The maximum absolute atomic E-state index is 10.7. The van der Waals surface area contributed by atoms with Crippen molar-refractivity contribution in [3.05, 3.63) is 0 Å². The molecule has 0 radical (unpaired) electrons. The van der Waals surface area contributed by atoms with Crippen LogP contribution in [-0.2, 0) is 14.6 Å². The third-order valence-electron chi connectivity index (χ3n) is 1.70. The van der Waals surface area contributed by atoms with E-state index in [4.69, 9.17) is 0 Å². The summed E-state index contributed by atoms with van der Waals surface area (Å²) in [5, 5.41) is 0. The fourth-order valence-corrected chi connectivity index (χ4v) is 1.72. The topological polar surface area (TPSA) is 51.2 Å². The highest BCUT2D eigenvalue weighted by atomic mass is 32.2. The second-order valence-corrected chi connectivity index (χ2v) is 4.81. The monoisotopic (exact) mass is 148 g/mol. The minimum atomic E-state index is -3.11. The molecule has 9 heavy (non-hydrogen) atoms. The van der Waals surface area contributed by atoms with Gasteiger partial charge in [-0.25, -0.2) is 8.42 Å². The van der Waals surface area contributed by atoms with Crippen LogP contribution in [0, 0.1) is 0 Å². The number of aldehydes is 1. The third kappa shape index (κ3) is 0.871. The smallest absolute Gasteiger partial charge is 0.159 e. The zero-order chi connectivity index (χ0) is 7.12. The van der Waals surface area contributed by atoms with Crippen LogP contribution in [0.4, 0.5) is 0 Å². The van der Waals surface area contributed by atoms with Crippen molar-refractivity contribution in [1.82, 2.24) is 0 Å². The van der Waals surface area contributed by atoms with Crippen molar-refractivity contribution in [3.63, 3.8) is 0 Å². The molecule has 1 aliphatic carbocycles. The van der Waals surface area contributed by atoms with Crippen LogP contribution in [0.25, 0.3) is 0 Å². The summed E-state index contributed by atoms with van der Waals surface area (Å²) in [5.41, 5.74) is 0. The van der Waals surface area contributed by atoms with Crippen molar-refractivity contribution < 1.29 is 13.2 Å². The molecule has 0 unspecified atom stereocenters. The summed E-state index contributed by atoms with van der Waals surface area (Å²) in [5.74, 6) is 0. The molecule has 0 atom stereocenters. The van der Waals surface area contributed by atoms with E-state index >= 15 is 0 Å². The van der Waals surface area contributed by atoms with E-state index in [0.29, 0.717) is 19.1 Å². The Balaban J connectivity index is 2.97. The lowest BCUT2D eigenvalue weighted by molar-refractivity contribution is -0.108. The SMILES string of the molecule is CS(=O)(=O)C1(C=O)CC1. The second-order valence-electron chi connectivity index (χ2n) is 2.45. The van der Waals surface area contributed by atoms with Gasteiger partial charge in [0, 0.05) is 6.26 Å². The lowest BCUT2D eigenvalue weighted by Crippen LogP contribution is -2.22. The normalized spacial score (nSPS) is 23.2. The molecule has 0 heterocycles. The van der Waals surface area contributed by atoms with E-state index in [-0.39, 0.29) is 0 Å². The molecule has 0 bridgehead atoms. The van der Waals surface area contributed by atoms with Crippen LogP contribution in [0.5, 0.6) is 0 Å². The summed E-state index contributed by atoms with van der Waals surface area (Å²) in [6.07, 6.45) is 2.67. The van der Waals surface area contributed by atoms with E-state index in [1.807, 2.05) is 0 Å². The highest BCUT2D eigenvalue weighted by molar-refractivity contribution is 7.93. The van der Waals surface area contributed by atoms with Gasteiger partial charge in [0.2, 0.25) is 0 Å². The van der Waals surface area contributed by atoms with Gasteiger partial charge in [-0.05, 0) is 12.8 Å². The summed E-state index contributed by atoms with van der Waals surface area (Å²) in [6, 6.07) is 0. The molecule has 1 saturated carbocycles. The number of hydrogen-bond acceptors (Lipinski definition) is 3. The molecule has 4 heteroatoms. The summed E-state index contributed by atoms with van der Waals surface area (Å²) in [7, 11) is -3.11. The molecule has 52 valence electrons. The first-order valence-electron chi connectivity index (χ1n) is 2.68. The largest absolute Gasteiger partial charge is 0.302 e. The van der Waals surface area contributed by atoms with Gasteiger partial charge in [0.05, 0.1) is 0 Å². The summed E-state index contributed by atoms with van der Waals surface area (Å²) in [4.78, 5) is 10.2. The van der Waals surface area contributed by atoms with Crippen molar-refractivity contribution in [2.75, 3.05) is 6.26 Å². The molecule has 1 rings (SSSR count). The van der Waals surface area contributed by atoms with Crippen molar-refractivity contribution in [2.45, 2.75) is 17.6 Å². The second kappa shape index (κ2) is 1.56. The van der Waals surface area contributed by atoms with E-state index in [1.165, 1.54) is 0 Å². The highest BCUT2D eigenvalue weighted by Gasteiger charge is 2.52. The first-order valence-corrected chi connectivity index (χ1v) is 4.57. The molecule has 0 aromatic rings. The Morgan fingerprint density at radius 1 is 1.44 bits per heavy atom. The maximum Gasteiger partial charge on any atom is 0.159 e. The van der Waals surface area contributed by atoms with E-state index in [2.05, 4.69) is 0 Å². The number of carbonyl (C=O) groups is 1. The van der Waals surface area contributed by atoms with Gasteiger partial charge in [-0.15, -0.1) is 0 Å². The lowest BCUT2D eigenvalue weighted by atomic mass is 10.5. The Labute approximate surface area is 54.0 Å². The number of sulfone groups is 1. The third-order valence-corrected chi connectivity index (χ3v) is 3.68. The van der Waals surface area contributed by atoms with E-state index in [0.717, 1.165) is 6.26 Å². The fourth-order valence-electron chi connectivity index (χ4n) is 0.699. The van der Waals surface area contributed by atoms with Crippen LogP contribution in [0.15, 0.2) is 0 Å². The standard InChI is InChI=1S/C5H8O3S/c1-9(7,8)5(4-6)2-3-5/h4H,2-3H2,1H3. The predicted octanol–water partition coefficient (Wildman–Crippen LogP) is -0.238. The van der Waals surface area contributed by atoms with Crippen molar-refractivity contribution in [3.8, 4) is 0 Å². The van der Waals surface area contributed by atoms with Gasteiger partial charge in [-0.1, -0.05) is 0 Å². The number of rotatable bonds is 2. The average Bonchev–Trinajstić information content (AvgIpc) is 2.40. The fraction of sp³-hybridized carbons (Fsp3) is 0.800. The van der Waals surface area contributed by atoms with E-state index in [9.17, 15) is 13.2 Å². The van der Waals surface area contributed by atoms with Crippen molar-refractivity contribution in [1.29, 1.82) is 0 Å². The van der Waals surface area contributed by atoms with Crippen molar-refractivity contribution >= 4 is 16.1 Å². The first-order chi connectivity index (χ1) is 4.02. The van der Waals surface area contributed by atoms with Crippen LogP contribution in [0.3, 0.4) is 0 Å². The molecule has 0 aromatic carbocycles. The lowest BCUT2D eigenvalue weighted by Gasteiger charge is -2.00. The van der Waals surface area contributed by atoms with Crippen LogP contribution in [-0.4, -0.2) is 25.7 Å². The Morgan fingerprint density at radius 3 is 1.89 bits per heavy atom. The average molecular weight is 148 g/mol. The summed E-state index contributed by atoms with van der Waals surface area (Å²) in [6.45, 7) is 0. The Morgan fingerprint density at radius 2 is 1.89 bits per heavy atom. The van der Waals surface area contributed by atoms with Gasteiger partial charge in [-0.2, -0.15) is 0 Å². The first kappa shape index (κ1) is 6.74. The van der Waals surface area contributed by atoms with Crippen molar-refractivity contribution in [2.24, 2.45) is 0 Å². The zero-order valence-electron chi connectivity index (χ0n) is 5.12. The molecule has 0 aliphatic heterocycles. The van der Waals surface area contributed by atoms with Gasteiger partial charge >= 0.3 is 0 Å². The summed E-state index contributed by atoms with van der Waals surface area (Å²) < 4.78 is 20.5. The molecule has 0 aromatic heterocycles. The van der Waals surface area contributed by atoms with Gasteiger partial charge in [0.25, 0.3) is 0 Å². The number of hydrogen-bond donors (Lipinski definition) is 0. The minimum absolute atomic E-state index is 0.509. The van der Waals surface area contributed by atoms with Crippen LogP contribution in [0.2, 0.25) is 0 Å². The van der Waals surface area contributed by atoms with Crippen LogP contribution in [0.1, 0.15) is 12.8 Å². The molecule has 0 saturated heterocycles. The maximum atomic E-state index is 10.7. The van der Waals surface area contributed by atoms with Gasteiger partial charge < -0.3 is 4.79 Å². The molecular weight excluding hydrogens is 140 g/mol. The van der Waals surface area contributed by atoms with E-state index < -0.39 is 14.6 Å². The summed E-state index contributed by atoms with van der Waals surface area (Å²) >= 11 is 0. The molecule has 1 fully saturated rings. The van der Waals surface area contributed by atoms with E-state index in [1.54, 1.807) is 0 Å². The molecule has 0 spiro atoms. The zero-order valence-corrected chi connectivity index (χ0v) is 5.94. The molecule has 0 N–H and O–H groups in total. The molecular formula is C5H8O3S.